The van der Waals surface area contributed by atoms with Gasteiger partial charge in [0.05, 0.1) is 12.5 Å². The van der Waals surface area contributed by atoms with Crippen molar-refractivity contribution in [3.63, 3.8) is 0 Å². The molecular weight excluding hydrogens is 290 g/mol. The highest BCUT2D eigenvalue weighted by molar-refractivity contribution is 5.95. The van der Waals surface area contributed by atoms with Gasteiger partial charge in [-0.15, -0.1) is 0 Å². The van der Waals surface area contributed by atoms with Crippen molar-refractivity contribution in [1.29, 1.82) is 0 Å². The van der Waals surface area contributed by atoms with Crippen LogP contribution in [0, 0.1) is 13.8 Å². The largest absolute Gasteiger partial charge is 0.350 e. The van der Waals surface area contributed by atoms with E-state index in [0.29, 0.717) is 6.04 Å². The smallest absolute Gasteiger partial charge is 0.237 e. The van der Waals surface area contributed by atoms with Crippen LogP contribution in [-0.2, 0) is 9.59 Å². The fourth-order valence-corrected chi connectivity index (χ4v) is 3.49. The summed E-state index contributed by atoms with van der Waals surface area (Å²) in [6.07, 6.45) is 4.62. The second kappa shape index (κ2) is 6.71. The van der Waals surface area contributed by atoms with E-state index in [4.69, 9.17) is 0 Å². The number of carbonyl (C=O) groups excluding carboxylic acids is 2. The van der Waals surface area contributed by atoms with Crippen molar-refractivity contribution in [2.75, 3.05) is 5.32 Å². The second-order valence-electron chi connectivity index (χ2n) is 6.78. The molecule has 1 aromatic rings. The topological polar surface area (TPSA) is 70.2 Å². The number of nitrogens with one attached hydrogen (secondary N) is 3. The van der Waals surface area contributed by atoms with Gasteiger partial charge >= 0.3 is 0 Å². The zero-order valence-electron chi connectivity index (χ0n) is 13.8. The molecule has 3 N–H and O–H groups in total. The van der Waals surface area contributed by atoms with E-state index in [-0.39, 0.29) is 24.3 Å². The molecule has 0 radical (unpaired) electrons. The maximum Gasteiger partial charge on any atom is 0.237 e. The number of benzene rings is 1. The molecule has 2 fully saturated rings. The molecule has 1 saturated carbocycles. The molecule has 0 unspecified atom stereocenters. The third-order valence-corrected chi connectivity index (χ3v) is 5.01. The average molecular weight is 315 g/mol. The van der Waals surface area contributed by atoms with Crippen LogP contribution in [0.3, 0.4) is 0 Å². The Kier molecular flexibility index (Phi) is 4.66. The lowest BCUT2D eigenvalue weighted by Crippen LogP contribution is -2.65. The second-order valence-corrected chi connectivity index (χ2v) is 6.78. The van der Waals surface area contributed by atoms with Crippen molar-refractivity contribution < 1.29 is 9.59 Å². The lowest BCUT2D eigenvalue weighted by atomic mass is 9.87. The first-order chi connectivity index (χ1) is 11.0. The third-order valence-electron chi connectivity index (χ3n) is 5.01. The van der Waals surface area contributed by atoms with E-state index in [1.54, 1.807) is 0 Å². The Labute approximate surface area is 137 Å². The molecule has 2 aliphatic rings. The number of anilines is 1. The van der Waals surface area contributed by atoms with Crippen LogP contribution in [0.2, 0.25) is 0 Å². The lowest BCUT2D eigenvalue weighted by molar-refractivity contribution is -0.129. The Morgan fingerprint density at radius 3 is 2.65 bits per heavy atom. The van der Waals surface area contributed by atoms with Gasteiger partial charge in [-0.25, -0.2) is 0 Å². The third kappa shape index (κ3) is 3.72. The van der Waals surface area contributed by atoms with Gasteiger partial charge in [0, 0.05) is 17.8 Å². The van der Waals surface area contributed by atoms with Gasteiger partial charge in [0.2, 0.25) is 11.8 Å². The molecule has 1 saturated heterocycles. The first kappa shape index (κ1) is 16.0. The van der Waals surface area contributed by atoms with Crippen LogP contribution in [-0.4, -0.2) is 29.9 Å². The molecule has 3 rings (SSSR count). The molecule has 124 valence electrons. The molecule has 23 heavy (non-hydrogen) atoms. The molecule has 5 nitrogen and oxygen atoms in total. The number of hydrogen-bond acceptors (Lipinski definition) is 3. The predicted octanol–water partition coefficient (Wildman–Crippen LogP) is 2.03. The number of piperazine rings is 1. The van der Waals surface area contributed by atoms with Crippen molar-refractivity contribution in [2.45, 2.75) is 64.1 Å². The fraction of sp³-hybridized carbons (Fsp3) is 0.556. The van der Waals surface area contributed by atoms with Crippen LogP contribution in [0.4, 0.5) is 5.69 Å². The standard InChI is InChI=1S/C18H25N3O2/c1-11-7-8-13(9-12(11)2)19-17(22)10-16-18(23)21-15-6-4-3-5-14(15)20-16/h7-9,14-16,20H,3-6,10H2,1-2H3,(H,19,22)(H,21,23)/t14-,15+,16+/m0/s1. The summed E-state index contributed by atoms with van der Waals surface area (Å²) in [5, 5.41) is 9.33. The first-order valence-corrected chi connectivity index (χ1v) is 8.46. The van der Waals surface area contributed by atoms with E-state index < -0.39 is 6.04 Å². The molecule has 2 amide bonds. The summed E-state index contributed by atoms with van der Waals surface area (Å²) < 4.78 is 0. The summed E-state index contributed by atoms with van der Waals surface area (Å²) in [7, 11) is 0. The van der Waals surface area contributed by atoms with E-state index in [1.165, 1.54) is 18.4 Å². The normalized spacial score (nSPS) is 27.0. The minimum absolute atomic E-state index is 0.0524. The summed E-state index contributed by atoms with van der Waals surface area (Å²) in [4.78, 5) is 24.4. The van der Waals surface area contributed by atoms with Crippen molar-refractivity contribution >= 4 is 17.5 Å². The van der Waals surface area contributed by atoms with Gasteiger partial charge in [-0.1, -0.05) is 18.9 Å². The van der Waals surface area contributed by atoms with Gasteiger partial charge in [0.15, 0.2) is 0 Å². The minimum atomic E-state index is -0.430. The van der Waals surface area contributed by atoms with Gasteiger partial charge in [-0.3, -0.25) is 9.59 Å². The van der Waals surface area contributed by atoms with E-state index in [1.807, 2.05) is 32.0 Å². The van der Waals surface area contributed by atoms with Crippen LogP contribution in [0.5, 0.6) is 0 Å². The van der Waals surface area contributed by atoms with Crippen molar-refractivity contribution in [1.82, 2.24) is 10.6 Å². The molecule has 1 aliphatic carbocycles. The summed E-state index contributed by atoms with van der Waals surface area (Å²) in [5.41, 5.74) is 3.12. The monoisotopic (exact) mass is 315 g/mol. The zero-order valence-corrected chi connectivity index (χ0v) is 13.8. The number of aryl methyl sites for hydroxylation is 2. The molecule has 1 heterocycles. The Bertz CT molecular complexity index is 614. The van der Waals surface area contributed by atoms with E-state index in [9.17, 15) is 9.59 Å². The van der Waals surface area contributed by atoms with Crippen LogP contribution in [0.25, 0.3) is 0 Å². The predicted molar refractivity (Wildman–Crippen MR) is 90.3 cm³/mol. The van der Waals surface area contributed by atoms with Gasteiger partial charge in [0.1, 0.15) is 0 Å². The maximum atomic E-state index is 12.3. The Hall–Kier alpha value is -1.88. The van der Waals surface area contributed by atoms with Gasteiger partial charge in [-0.2, -0.15) is 0 Å². The molecule has 1 aliphatic heterocycles. The summed E-state index contributed by atoms with van der Waals surface area (Å²) in [6.45, 7) is 4.06. The van der Waals surface area contributed by atoms with Crippen molar-refractivity contribution in [3.05, 3.63) is 29.3 Å². The van der Waals surface area contributed by atoms with Gasteiger partial charge in [0.25, 0.3) is 0 Å². The molecule has 1 aromatic carbocycles. The fourth-order valence-electron chi connectivity index (χ4n) is 3.49. The SMILES string of the molecule is Cc1ccc(NC(=O)C[C@H]2N[C@H]3CCCC[C@H]3NC2=O)cc1C. The summed E-state index contributed by atoms with van der Waals surface area (Å²) in [5.74, 6) is -0.182. The van der Waals surface area contributed by atoms with E-state index >= 15 is 0 Å². The molecular formula is C18H25N3O2. The average Bonchev–Trinajstić information content (AvgIpc) is 2.51. The van der Waals surface area contributed by atoms with Crippen molar-refractivity contribution in [2.24, 2.45) is 0 Å². The van der Waals surface area contributed by atoms with E-state index in [2.05, 4.69) is 16.0 Å². The maximum absolute atomic E-state index is 12.3. The van der Waals surface area contributed by atoms with Crippen molar-refractivity contribution in [3.8, 4) is 0 Å². The van der Waals surface area contributed by atoms with Gasteiger partial charge in [-0.05, 0) is 49.9 Å². The Morgan fingerprint density at radius 1 is 1.17 bits per heavy atom. The van der Waals surface area contributed by atoms with E-state index in [0.717, 1.165) is 24.1 Å². The number of amides is 2. The molecule has 5 heteroatoms. The Morgan fingerprint density at radius 2 is 1.91 bits per heavy atom. The molecule has 3 atom stereocenters. The summed E-state index contributed by atoms with van der Waals surface area (Å²) in [6, 6.07) is 5.95. The Balaban J connectivity index is 1.58. The number of carbonyl (C=O) groups is 2. The van der Waals surface area contributed by atoms with Crippen LogP contribution in [0.1, 0.15) is 43.2 Å². The zero-order chi connectivity index (χ0) is 16.4. The highest BCUT2D eigenvalue weighted by atomic mass is 16.2. The van der Waals surface area contributed by atoms with Gasteiger partial charge < -0.3 is 16.0 Å². The number of fused-ring (bicyclic) bond motifs is 1. The van der Waals surface area contributed by atoms with Crippen LogP contribution < -0.4 is 16.0 Å². The number of rotatable bonds is 3. The molecule has 0 spiro atoms. The lowest BCUT2D eigenvalue weighted by Gasteiger charge is -2.40. The summed E-state index contributed by atoms with van der Waals surface area (Å²) >= 11 is 0. The quantitative estimate of drug-likeness (QED) is 0.799. The van der Waals surface area contributed by atoms with Crippen LogP contribution in [0.15, 0.2) is 18.2 Å². The molecule has 0 aromatic heterocycles. The number of hydrogen-bond donors (Lipinski definition) is 3. The van der Waals surface area contributed by atoms with Crippen LogP contribution >= 0.6 is 0 Å². The molecule has 0 bridgehead atoms. The highest BCUT2D eigenvalue weighted by Gasteiger charge is 2.36. The first-order valence-electron chi connectivity index (χ1n) is 8.46. The highest BCUT2D eigenvalue weighted by Crippen LogP contribution is 2.22. The minimum Gasteiger partial charge on any atom is -0.350 e.